The van der Waals surface area contributed by atoms with E-state index < -0.39 is 6.29 Å². The van der Waals surface area contributed by atoms with E-state index in [4.69, 9.17) is 37.9 Å². The Kier molecular flexibility index (Phi) is 29.1. The first kappa shape index (κ1) is 31.2. The van der Waals surface area contributed by atoms with Crippen molar-refractivity contribution in [3.05, 3.63) is 12.2 Å². The molecule has 30 heavy (non-hydrogen) atoms. The molecule has 0 aliphatic heterocycles. The molecule has 0 fully saturated rings. The Bertz CT molecular complexity index is 400. The van der Waals surface area contributed by atoms with E-state index in [1.54, 1.807) is 14.2 Å². The van der Waals surface area contributed by atoms with Gasteiger partial charge in [-0.1, -0.05) is 12.0 Å². The average Bonchev–Trinajstić information content (AvgIpc) is 2.74. The summed E-state index contributed by atoms with van der Waals surface area (Å²) in [7, 11) is 3.20. The lowest BCUT2D eigenvalue weighted by atomic mass is 10.4. The molecule has 0 bridgehead atoms. The molecule has 0 aromatic rings. The Labute approximate surface area is 184 Å². The van der Waals surface area contributed by atoms with Crippen molar-refractivity contribution >= 4 is 0 Å². The third-order valence-corrected chi connectivity index (χ3v) is 3.01. The van der Waals surface area contributed by atoms with E-state index in [1.165, 1.54) is 0 Å². The van der Waals surface area contributed by atoms with Crippen LogP contribution in [0.1, 0.15) is 42.0 Å². The Balaban J connectivity index is -0.000000490. The summed E-state index contributed by atoms with van der Waals surface area (Å²) in [5.41, 5.74) is 0. The van der Waals surface area contributed by atoms with Crippen LogP contribution in [0.4, 0.5) is 0 Å². The molecular weight excluding hydrogens is 392 g/mol. The quantitative estimate of drug-likeness (QED) is 0.140. The van der Waals surface area contributed by atoms with Gasteiger partial charge in [-0.25, -0.2) is 0 Å². The normalized spacial score (nSPS) is 10.9. The van der Waals surface area contributed by atoms with Crippen molar-refractivity contribution in [2.75, 3.05) is 67.4 Å². The number of rotatable bonds is 18. The van der Waals surface area contributed by atoms with Gasteiger partial charge in [0.25, 0.3) is 0 Å². The second-order valence-corrected chi connectivity index (χ2v) is 5.44. The minimum absolute atomic E-state index is 0. The molecule has 0 saturated heterocycles. The van der Waals surface area contributed by atoms with Crippen LogP contribution in [0.25, 0.3) is 0 Å². The molecule has 0 amide bonds. The lowest BCUT2D eigenvalue weighted by Gasteiger charge is -2.12. The predicted octanol–water partition coefficient (Wildman–Crippen LogP) is 3.60. The van der Waals surface area contributed by atoms with E-state index in [-0.39, 0.29) is 7.72 Å². The first-order chi connectivity index (χ1) is 14.7. The molecule has 0 saturated carbocycles. The monoisotopic (exact) mass is 436 g/mol. The van der Waals surface area contributed by atoms with Gasteiger partial charge in [0.15, 0.2) is 6.29 Å². The lowest BCUT2D eigenvalue weighted by Crippen LogP contribution is -2.14. The van der Waals surface area contributed by atoms with Gasteiger partial charge in [0.1, 0.15) is 13.6 Å². The Morgan fingerprint density at radius 1 is 0.767 bits per heavy atom. The summed E-state index contributed by atoms with van der Waals surface area (Å²) in [6.07, 6.45) is 4.74. The van der Waals surface area contributed by atoms with Crippen molar-refractivity contribution < 1.29 is 39.3 Å². The smallest absolute Gasteiger partial charge is 0.222 e. The minimum atomic E-state index is -0.414. The molecule has 0 aromatic carbocycles. The topological polar surface area (TPSA) is 73.8 Å². The van der Waals surface area contributed by atoms with Crippen molar-refractivity contribution in [1.29, 1.82) is 0 Å². The van der Waals surface area contributed by atoms with E-state index in [0.717, 1.165) is 6.42 Å². The molecule has 180 valence electrons. The number of hydrogen-bond donors (Lipinski definition) is 0. The van der Waals surface area contributed by atoms with E-state index in [0.29, 0.717) is 59.6 Å². The fourth-order valence-corrected chi connectivity index (χ4v) is 1.84. The zero-order valence-corrected chi connectivity index (χ0v) is 19.6. The SMILES string of the molecule is CCOC(/C=C\CCOCOC)OCC.CCOC(C#CCCOCOC)OCC.[HH]. The molecule has 0 rings (SSSR count). The highest BCUT2D eigenvalue weighted by Crippen LogP contribution is 1.98. The van der Waals surface area contributed by atoms with Crippen molar-refractivity contribution in [2.45, 2.75) is 53.1 Å². The van der Waals surface area contributed by atoms with Gasteiger partial charge in [-0.15, -0.1) is 0 Å². The summed E-state index contributed by atoms with van der Waals surface area (Å²) in [6.45, 7) is 12.1. The standard InChI is InChI=1S/C11H22O4.C11H20O4.H2/c2*1-4-14-11(15-5-2)8-6-7-9-13-10-12-3;/h6,8,11H,4-5,7,9-10H2,1-3H3;11H,4-5,7,9-10H2,1-3H3;1H/b8-6-;;. The van der Waals surface area contributed by atoms with Crippen LogP contribution >= 0.6 is 0 Å². The maximum Gasteiger partial charge on any atom is 0.222 e. The second-order valence-electron chi connectivity index (χ2n) is 5.44. The van der Waals surface area contributed by atoms with Crippen LogP contribution in [-0.2, 0) is 37.9 Å². The number of ether oxygens (including phenoxy) is 8. The third-order valence-electron chi connectivity index (χ3n) is 3.01. The summed E-state index contributed by atoms with van der Waals surface area (Å²) in [5, 5.41) is 0. The molecule has 0 heterocycles. The van der Waals surface area contributed by atoms with Crippen molar-refractivity contribution in [2.24, 2.45) is 0 Å². The fraction of sp³-hybridized carbons (Fsp3) is 0.818. The molecule has 8 heteroatoms. The van der Waals surface area contributed by atoms with Gasteiger partial charge in [0, 0.05) is 48.5 Å². The zero-order valence-electron chi connectivity index (χ0n) is 19.6. The molecule has 0 unspecified atom stereocenters. The summed E-state index contributed by atoms with van der Waals surface area (Å²) in [5.74, 6) is 5.82. The van der Waals surface area contributed by atoms with Crippen molar-refractivity contribution in [3.8, 4) is 11.8 Å². The van der Waals surface area contributed by atoms with Crippen LogP contribution in [0, 0.1) is 11.8 Å². The fourth-order valence-electron chi connectivity index (χ4n) is 1.84. The highest BCUT2D eigenvalue weighted by Gasteiger charge is 2.01. The van der Waals surface area contributed by atoms with E-state index in [1.807, 2.05) is 39.8 Å². The Hall–Kier alpha value is -1.02. The van der Waals surface area contributed by atoms with Gasteiger partial charge >= 0.3 is 0 Å². The Morgan fingerprint density at radius 3 is 1.80 bits per heavy atom. The first-order valence-corrected chi connectivity index (χ1v) is 10.4. The highest BCUT2D eigenvalue weighted by atomic mass is 16.7. The summed E-state index contributed by atoms with van der Waals surface area (Å²) in [6, 6.07) is 0. The molecule has 0 N–H and O–H groups in total. The molecular formula is C22H44O8. The molecule has 0 atom stereocenters. The van der Waals surface area contributed by atoms with E-state index in [9.17, 15) is 0 Å². The molecule has 0 aliphatic carbocycles. The number of methoxy groups -OCH3 is 2. The van der Waals surface area contributed by atoms with Gasteiger partial charge < -0.3 is 37.9 Å². The molecule has 0 aromatic heterocycles. The van der Waals surface area contributed by atoms with Crippen LogP contribution in [0.2, 0.25) is 0 Å². The third kappa shape index (κ3) is 25.0. The van der Waals surface area contributed by atoms with Gasteiger partial charge in [-0.2, -0.15) is 0 Å². The average molecular weight is 437 g/mol. The summed E-state index contributed by atoms with van der Waals surface area (Å²) < 4.78 is 40.9. The zero-order chi connectivity index (χ0) is 22.7. The molecule has 0 spiro atoms. The van der Waals surface area contributed by atoms with E-state index >= 15 is 0 Å². The van der Waals surface area contributed by atoms with Gasteiger partial charge in [0.05, 0.1) is 13.2 Å². The van der Waals surface area contributed by atoms with Crippen molar-refractivity contribution in [1.82, 2.24) is 0 Å². The maximum atomic E-state index is 5.34. The van der Waals surface area contributed by atoms with Gasteiger partial charge in [-0.3, -0.25) is 0 Å². The lowest BCUT2D eigenvalue weighted by molar-refractivity contribution is -0.104. The van der Waals surface area contributed by atoms with Crippen LogP contribution in [0.3, 0.4) is 0 Å². The van der Waals surface area contributed by atoms with Crippen LogP contribution < -0.4 is 0 Å². The maximum absolute atomic E-state index is 5.34. The van der Waals surface area contributed by atoms with Crippen LogP contribution in [0.5, 0.6) is 0 Å². The highest BCUT2D eigenvalue weighted by molar-refractivity contribution is 5.02. The second kappa shape index (κ2) is 28.0. The van der Waals surface area contributed by atoms with Crippen LogP contribution in [-0.4, -0.2) is 80.0 Å². The van der Waals surface area contributed by atoms with Gasteiger partial charge in [-0.05, 0) is 46.1 Å². The molecule has 8 nitrogen and oxygen atoms in total. The first-order valence-electron chi connectivity index (χ1n) is 10.4. The predicted molar refractivity (Wildman–Crippen MR) is 118 cm³/mol. The van der Waals surface area contributed by atoms with Crippen molar-refractivity contribution in [3.63, 3.8) is 0 Å². The summed E-state index contributed by atoms with van der Waals surface area (Å²) in [4.78, 5) is 0. The summed E-state index contributed by atoms with van der Waals surface area (Å²) >= 11 is 0. The number of hydrogen-bond acceptors (Lipinski definition) is 8. The van der Waals surface area contributed by atoms with E-state index in [2.05, 4.69) is 11.8 Å². The molecule has 0 aliphatic rings. The van der Waals surface area contributed by atoms with Gasteiger partial charge in [0.2, 0.25) is 6.29 Å². The largest absolute Gasteiger partial charge is 0.359 e. The minimum Gasteiger partial charge on any atom is -0.359 e. The Morgan fingerprint density at radius 2 is 1.30 bits per heavy atom. The van der Waals surface area contributed by atoms with Crippen LogP contribution in [0.15, 0.2) is 12.2 Å². The molecule has 0 radical (unpaired) electrons.